The SMILES string of the molecule is C=C(C)c1cccc(C2(C(=O)CC)CCC(C)(N)CC2)c1. The lowest BCUT2D eigenvalue weighted by molar-refractivity contribution is -0.126. The summed E-state index contributed by atoms with van der Waals surface area (Å²) in [6, 6.07) is 8.35. The molecule has 0 atom stereocenters. The van der Waals surface area contributed by atoms with E-state index in [2.05, 4.69) is 31.7 Å². The molecule has 1 aliphatic rings. The van der Waals surface area contributed by atoms with Gasteiger partial charge in [0.15, 0.2) is 0 Å². The van der Waals surface area contributed by atoms with Gasteiger partial charge in [-0.15, -0.1) is 0 Å². The van der Waals surface area contributed by atoms with E-state index in [1.807, 2.05) is 19.9 Å². The second-order valence-electron chi connectivity index (χ2n) is 6.87. The fourth-order valence-corrected chi connectivity index (χ4v) is 3.40. The zero-order valence-electron chi connectivity index (χ0n) is 13.5. The van der Waals surface area contributed by atoms with Crippen LogP contribution < -0.4 is 5.73 Å². The van der Waals surface area contributed by atoms with Crippen LogP contribution in [0.4, 0.5) is 0 Å². The monoisotopic (exact) mass is 285 g/mol. The summed E-state index contributed by atoms with van der Waals surface area (Å²) < 4.78 is 0. The Morgan fingerprint density at radius 3 is 2.43 bits per heavy atom. The van der Waals surface area contributed by atoms with Gasteiger partial charge in [-0.25, -0.2) is 0 Å². The minimum atomic E-state index is -0.348. The number of benzene rings is 1. The van der Waals surface area contributed by atoms with Crippen LogP contribution in [0, 0.1) is 0 Å². The number of Topliss-reactive ketones (excluding diaryl/α,β-unsaturated/α-hetero) is 1. The highest BCUT2D eigenvalue weighted by Gasteiger charge is 2.44. The Balaban J connectivity index is 2.44. The fourth-order valence-electron chi connectivity index (χ4n) is 3.40. The Morgan fingerprint density at radius 1 is 1.29 bits per heavy atom. The van der Waals surface area contributed by atoms with Crippen molar-refractivity contribution in [1.82, 2.24) is 0 Å². The van der Waals surface area contributed by atoms with Crippen molar-refractivity contribution in [3.8, 4) is 0 Å². The molecule has 114 valence electrons. The van der Waals surface area contributed by atoms with Gasteiger partial charge in [-0.2, -0.15) is 0 Å². The molecule has 1 aliphatic carbocycles. The maximum atomic E-state index is 12.7. The van der Waals surface area contributed by atoms with E-state index < -0.39 is 0 Å². The van der Waals surface area contributed by atoms with Crippen LogP contribution >= 0.6 is 0 Å². The molecule has 0 heterocycles. The molecule has 2 rings (SSSR count). The molecular weight excluding hydrogens is 258 g/mol. The van der Waals surface area contributed by atoms with Crippen LogP contribution in [0.5, 0.6) is 0 Å². The Hall–Kier alpha value is -1.41. The van der Waals surface area contributed by atoms with Crippen LogP contribution in [0.1, 0.15) is 64.0 Å². The summed E-state index contributed by atoms with van der Waals surface area (Å²) in [5, 5.41) is 0. The number of ketones is 1. The van der Waals surface area contributed by atoms with Crippen LogP contribution in [0.25, 0.3) is 5.57 Å². The predicted molar refractivity (Wildman–Crippen MR) is 89.2 cm³/mol. The predicted octanol–water partition coefficient (Wildman–Crippen LogP) is 4.23. The van der Waals surface area contributed by atoms with Crippen molar-refractivity contribution < 1.29 is 4.79 Å². The first-order chi connectivity index (χ1) is 9.81. The maximum absolute atomic E-state index is 12.7. The summed E-state index contributed by atoms with van der Waals surface area (Å²) in [4.78, 5) is 12.7. The van der Waals surface area contributed by atoms with Gasteiger partial charge in [0.25, 0.3) is 0 Å². The van der Waals surface area contributed by atoms with Gasteiger partial charge in [-0.1, -0.05) is 43.3 Å². The maximum Gasteiger partial charge on any atom is 0.143 e. The third-order valence-corrected chi connectivity index (χ3v) is 5.01. The second kappa shape index (κ2) is 5.76. The molecule has 2 N–H and O–H groups in total. The summed E-state index contributed by atoms with van der Waals surface area (Å²) in [5.41, 5.74) is 9.09. The van der Waals surface area contributed by atoms with E-state index in [1.54, 1.807) is 0 Å². The Bertz CT molecular complexity index is 546. The molecule has 0 saturated heterocycles. The first-order valence-corrected chi connectivity index (χ1v) is 7.89. The van der Waals surface area contributed by atoms with Crippen molar-refractivity contribution in [3.05, 3.63) is 42.0 Å². The number of hydrogen-bond acceptors (Lipinski definition) is 2. The van der Waals surface area contributed by atoms with Crippen molar-refractivity contribution in [1.29, 1.82) is 0 Å². The molecule has 21 heavy (non-hydrogen) atoms. The van der Waals surface area contributed by atoms with Crippen molar-refractivity contribution in [3.63, 3.8) is 0 Å². The van der Waals surface area contributed by atoms with E-state index in [1.165, 1.54) is 0 Å². The van der Waals surface area contributed by atoms with E-state index in [0.717, 1.165) is 42.4 Å². The van der Waals surface area contributed by atoms with Gasteiger partial charge in [0.1, 0.15) is 5.78 Å². The third kappa shape index (κ3) is 3.11. The molecule has 0 radical (unpaired) electrons. The van der Waals surface area contributed by atoms with Crippen LogP contribution in [0.3, 0.4) is 0 Å². The average molecular weight is 285 g/mol. The van der Waals surface area contributed by atoms with Crippen molar-refractivity contribution in [2.45, 2.75) is 63.8 Å². The summed E-state index contributed by atoms with van der Waals surface area (Å²) >= 11 is 0. The molecular formula is C19H27NO. The number of nitrogens with two attached hydrogens (primary N) is 1. The molecule has 0 amide bonds. The fraction of sp³-hybridized carbons (Fsp3) is 0.526. The zero-order chi connectivity index (χ0) is 15.7. The molecule has 2 nitrogen and oxygen atoms in total. The first-order valence-electron chi connectivity index (χ1n) is 7.89. The highest BCUT2D eigenvalue weighted by molar-refractivity contribution is 5.90. The zero-order valence-corrected chi connectivity index (χ0v) is 13.5. The molecule has 0 bridgehead atoms. The quantitative estimate of drug-likeness (QED) is 0.899. The molecule has 1 saturated carbocycles. The van der Waals surface area contributed by atoms with Crippen LogP contribution in [-0.2, 0) is 10.2 Å². The van der Waals surface area contributed by atoms with Crippen LogP contribution in [0.15, 0.2) is 30.8 Å². The molecule has 0 spiro atoms. The smallest absolute Gasteiger partial charge is 0.143 e. The van der Waals surface area contributed by atoms with Crippen LogP contribution in [0.2, 0.25) is 0 Å². The Labute approximate surface area is 128 Å². The topological polar surface area (TPSA) is 43.1 Å². The highest BCUT2D eigenvalue weighted by atomic mass is 16.1. The van der Waals surface area contributed by atoms with Crippen molar-refractivity contribution in [2.24, 2.45) is 5.73 Å². The second-order valence-corrected chi connectivity index (χ2v) is 6.87. The normalized spacial score (nSPS) is 29.1. The number of hydrogen-bond donors (Lipinski definition) is 1. The van der Waals surface area contributed by atoms with Gasteiger partial charge in [0.2, 0.25) is 0 Å². The van der Waals surface area contributed by atoms with E-state index in [4.69, 9.17) is 5.73 Å². The lowest BCUT2D eigenvalue weighted by Crippen LogP contribution is -2.48. The summed E-state index contributed by atoms with van der Waals surface area (Å²) in [6.07, 6.45) is 4.09. The lowest BCUT2D eigenvalue weighted by atomic mass is 9.62. The van der Waals surface area contributed by atoms with Gasteiger partial charge in [-0.3, -0.25) is 4.79 Å². The first kappa shape index (κ1) is 16.0. The van der Waals surface area contributed by atoms with Gasteiger partial charge in [-0.05, 0) is 50.7 Å². The van der Waals surface area contributed by atoms with E-state index >= 15 is 0 Å². The summed E-state index contributed by atoms with van der Waals surface area (Å²) in [7, 11) is 0. The molecule has 1 fully saturated rings. The molecule has 1 aromatic carbocycles. The molecule has 1 aromatic rings. The summed E-state index contributed by atoms with van der Waals surface area (Å²) in [5.74, 6) is 0.344. The van der Waals surface area contributed by atoms with E-state index in [9.17, 15) is 4.79 Å². The van der Waals surface area contributed by atoms with Crippen molar-refractivity contribution in [2.75, 3.05) is 0 Å². The average Bonchev–Trinajstić information content (AvgIpc) is 2.47. The molecule has 0 unspecified atom stereocenters. The van der Waals surface area contributed by atoms with Crippen molar-refractivity contribution >= 4 is 11.4 Å². The van der Waals surface area contributed by atoms with Crippen LogP contribution in [-0.4, -0.2) is 11.3 Å². The van der Waals surface area contributed by atoms with E-state index in [0.29, 0.717) is 12.2 Å². The molecule has 0 aliphatic heterocycles. The van der Waals surface area contributed by atoms with Gasteiger partial charge in [0, 0.05) is 12.0 Å². The number of rotatable bonds is 4. The standard InChI is InChI=1S/C19H27NO/c1-5-17(21)19(11-9-18(4,20)10-12-19)16-8-6-7-15(13-16)14(2)3/h6-8,13H,2,5,9-12,20H2,1,3-4H3. The molecule has 2 heteroatoms. The lowest BCUT2D eigenvalue weighted by Gasteiger charge is -2.43. The third-order valence-electron chi connectivity index (χ3n) is 5.01. The van der Waals surface area contributed by atoms with Gasteiger partial charge < -0.3 is 5.73 Å². The molecule has 0 aromatic heterocycles. The minimum absolute atomic E-state index is 0.135. The Kier molecular flexibility index (Phi) is 4.38. The largest absolute Gasteiger partial charge is 0.325 e. The summed E-state index contributed by atoms with van der Waals surface area (Å²) in [6.45, 7) is 10.1. The van der Waals surface area contributed by atoms with Gasteiger partial charge >= 0.3 is 0 Å². The Morgan fingerprint density at radius 2 is 1.90 bits per heavy atom. The number of allylic oxidation sites excluding steroid dienone is 1. The minimum Gasteiger partial charge on any atom is -0.325 e. The highest BCUT2D eigenvalue weighted by Crippen LogP contribution is 2.44. The number of carbonyl (C=O) groups is 1. The van der Waals surface area contributed by atoms with Gasteiger partial charge in [0.05, 0.1) is 5.41 Å². The number of carbonyl (C=O) groups excluding carboxylic acids is 1. The van der Waals surface area contributed by atoms with E-state index in [-0.39, 0.29) is 11.0 Å².